The molecule has 10 heteroatoms. The highest BCUT2D eigenvalue weighted by Crippen LogP contribution is 2.37. The number of alkyl halides is 3. The molecule has 7 nitrogen and oxygen atoms in total. The summed E-state index contributed by atoms with van der Waals surface area (Å²) in [6.07, 6.45) is -3.29. The molecule has 0 aromatic heterocycles. The molecule has 0 aliphatic rings. The summed E-state index contributed by atoms with van der Waals surface area (Å²) in [5, 5.41) is 24.0. The molecular weight excluding hydrogens is 427 g/mol. The maximum absolute atomic E-state index is 12.8. The first-order valence-corrected chi connectivity index (χ1v) is 9.05. The van der Waals surface area contributed by atoms with Gasteiger partial charge in [0.25, 0.3) is 0 Å². The number of oxime groups is 1. The van der Waals surface area contributed by atoms with E-state index in [4.69, 9.17) is 14.8 Å². The van der Waals surface area contributed by atoms with Crippen LogP contribution in [0.2, 0.25) is 0 Å². The van der Waals surface area contributed by atoms with E-state index in [-0.39, 0.29) is 18.1 Å². The fourth-order valence-corrected chi connectivity index (χ4v) is 2.63. The zero-order valence-corrected chi connectivity index (χ0v) is 16.2. The Morgan fingerprint density at radius 2 is 1.81 bits per heavy atom. The summed E-state index contributed by atoms with van der Waals surface area (Å²) in [7, 11) is 0. The predicted octanol–water partition coefficient (Wildman–Crippen LogP) is 5.83. The monoisotopic (exact) mass is 441 g/mol. The van der Waals surface area contributed by atoms with Gasteiger partial charge in [-0.05, 0) is 48.0 Å². The normalized spacial score (nSPS) is 11.2. The summed E-state index contributed by atoms with van der Waals surface area (Å²) < 4.78 is 43.8. The van der Waals surface area contributed by atoms with E-state index in [1.54, 1.807) is 36.4 Å². The Bertz CT molecular complexity index is 1190. The van der Waals surface area contributed by atoms with Gasteiger partial charge in [-0.15, -0.1) is 0 Å². The van der Waals surface area contributed by atoms with E-state index in [1.165, 1.54) is 18.3 Å². The minimum atomic E-state index is -4.71. The van der Waals surface area contributed by atoms with E-state index in [0.29, 0.717) is 28.8 Å². The highest BCUT2D eigenvalue weighted by molar-refractivity contribution is 5.79. The van der Waals surface area contributed by atoms with Crippen LogP contribution in [0.3, 0.4) is 0 Å². The molecule has 0 saturated heterocycles. The summed E-state index contributed by atoms with van der Waals surface area (Å²) in [5.41, 5.74) is -0.138. The first-order valence-electron chi connectivity index (χ1n) is 9.05. The second-order valence-corrected chi connectivity index (χ2v) is 6.39. The minimum Gasteiger partial charge on any atom is -0.450 e. The number of nitro groups is 1. The average molecular weight is 441 g/mol. The lowest BCUT2D eigenvalue weighted by atomic mass is 10.1. The SMILES string of the molecule is N#Cc1ccccc1CO/N=C\c1ccc(Oc2ccc(C(F)(F)F)cc2[N+](=O)[O-])cc1. The summed E-state index contributed by atoms with van der Waals surface area (Å²) in [6.45, 7) is 0.110. The van der Waals surface area contributed by atoms with Crippen molar-refractivity contribution in [3.63, 3.8) is 0 Å². The Morgan fingerprint density at radius 1 is 1.09 bits per heavy atom. The highest BCUT2D eigenvalue weighted by atomic mass is 19.4. The van der Waals surface area contributed by atoms with E-state index < -0.39 is 22.4 Å². The molecule has 0 aliphatic heterocycles. The standard InChI is InChI=1S/C22H14F3N3O4/c23-22(24,25)18-7-10-21(20(11-18)28(29)30)32-19-8-5-15(6-9-19)13-27-31-14-17-4-2-1-3-16(17)12-26/h1-11,13H,14H2/b27-13-. The quantitative estimate of drug-likeness (QED) is 0.261. The van der Waals surface area contributed by atoms with Crippen molar-refractivity contribution in [1.82, 2.24) is 0 Å². The van der Waals surface area contributed by atoms with Gasteiger partial charge in [-0.2, -0.15) is 18.4 Å². The average Bonchev–Trinajstić information content (AvgIpc) is 2.77. The molecular formula is C22H14F3N3O4. The highest BCUT2D eigenvalue weighted by Gasteiger charge is 2.33. The topological polar surface area (TPSA) is 97.8 Å². The number of nitrogens with zero attached hydrogens (tertiary/aromatic N) is 3. The fraction of sp³-hybridized carbons (Fsp3) is 0.0909. The third kappa shape index (κ3) is 5.60. The Balaban J connectivity index is 1.65. The van der Waals surface area contributed by atoms with Gasteiger partial charge in [-0.1, -0.05) is 23.4 Å². The zero-order chi connectivity index (χ0) is 23.1. The van der Waals surface area contributed by atoms with Crippen molar-refractivity contribution in [2.75, 3.05) is 0 Å². The molecule has 0 spiro atoms. The van der Waals surface area contributed by atoms with Crippen LogP contribution in [0.4, 0.5) is 18.9 Å². The minimum absolute atomic E-state index is 0.110. The van der Waals surface area contributed by atoms with Gasteiger partial charge in [0, 0.05) is 11.6 Å². The second kappa shape index (κ2) is 9.61. The van der Waals surface area contributed by atoms with Crippen molar-refractivity contribution in [3.8, 4) is 17.6 Å². The predicted molar refractivity (Wildman–Crippen MR) is 108 cm³/mol. The van der Waals surface area contributed by atoms with E-state index >= 15 is 0 Å². The van der Waals surface area contributed by atoms with Gasteiger partial charge in [-0.3, -0.25) is 10.1 Å². The molecule has 0 atom stereocenters. The van der Waals surface area contributed by atoms with E-state index in [2.05, 4.69) is 11.2 Å². The van der Waals surface area contributed by atoms with Crippen LogP contribution in [0.15, 0.2) is 71.9 Å². The Hall–Kier alpha value is -4.39. The van der Waals surface area contributed by atoms with Gasteiger partial charge in [0.05, 0.1) is 28.3 Å². The number of halogens is 3. The molecule has 3 aromatic rings. The largest absolute Gasteiger partial charge is 0.450 e. The zero-order valence-electron chi connectivity index (χ0n) is 16.2. The molecule has 0 unspecified atom stereocenters. The molecule has 0 N–H and O–H groups in total. The Morgan fingerprint density at radius 3 is 2.47 bits per heavy atom. The summed E-state index contributed by atoms with van der Waals surface area (Å²) in [5.74, 6) is -0.127. The van der Waals surface area contributed by atoms with Gasteiger partial charge >= 0.3 is 11.9 Å². The van der Waals surface area contributed by atoms with Crippen LogP contribution in [0.25, 0.3) is 0 Å². The van der Waals surface area contributed by atoms with Crippen LogP contribution in [0, 0.1) is 21.4 Å². The third-order valence-electron chi connectivity index (χ3n) is 4.23. The number of nitro benzene ring substituents is 1. The van der Waals surface area contributed by atoms with Crippen LogP contribution in [-0.2, 0) is 17.6 Å². The van der Waals surface area contributed by atoms with Crippen LogP contribution in [-0.4, -0.2) is 11.1 Å². The van der Waals surface area contributed by atoms with E-state index in [9.17, 15) is 23.3 Å². The summed E-state index contributed by atoms with van der Waals surface area (Å²) in [4.78, 5) is 15.4. The number of hydrogen-bond acceptors (Lipinski definition) is 6. The molecule has 0 radical (unpaired) electrons. The summed E-state index contributed by atoms with van der Waals surface area (Å²) >= 11 is 0. The maximum atomic E-state index is 12.8. The second-order valence-electron chi connectivity index (χ2n) is 6.39. The number of nitriles is 1. The van der Waals surface area contributed by atoms with Crippen molar-refractivity contribution in [2.45, 2.75) is 12.8 Å². The van der Waals surface area contributed by atoms with Crippen molar-refractivity contribution in [2.24, 2.45) is 5.16 Å². The molecule has 0 heterocycles. The molecule has 0 saturated carbocycles. The Kier molecular flexibility index (Phi) is 6.70. The molecule has 162 valence electrons. The molecule has 3 rings (SSSR count). The van der Waals surface area contributed by atoms with Crippen molar-refractivity contribution < 1.29 is 27.7 Å². The van der Waals surface area contributed by atoms with Gasteiger partial charge in [0.15, 0.2) is 0 Å². The van der Waals surface area contributed by atoms with Crippen LogP contribution in [0.1, 0.15) is 22.3 Å². The van der Waals surface area contributed by atoms with Crippen LogP contribution < -0.4 is 4.74 Å². The number of benzene rings is 3. The van der Waals surface area contributed by atoms with Gasteiger partial charge in [0.2, 0.25) is 5.75 Å². The molecule has 0 aliphatic carbocycles. The summed E-state index contributed by atoms with van der Waals surface area (Å²) in [6, 6.07) is 17.2. The molecule has 3 aromatic carbocycles. The lowest BCUT2D eigenvalue weighted by Gasteiger charge is -2.10. The molecule has 0 amide bonds. The van der Waals surface area contributed by atoms with Crippen LogP contribution >= 0.6 is 0 Å². The van der Waals surface area contributed by atoms with Gasteiger partial charge in [-0.25, -0.2) is 0 Å². The first kappa shape index (κ1) is 22.3. The van der Waals surface area contributed by atoms with Crippen LogP contribution in [0.5, 0.6) is 11.5 Å². The number of hydrogen-bond donors (Lipinski definition) is 0. The smallest absolute Gasteiger partial charge is 0.416 e. The number of ether oxygens (including phenoxy) is 1. The Labute approximate surface area is 180 Å². The van der Waals surface area contributed by atoms with E-state index in [0.717, 1.165) is 6.07 Å². The maximum Gasteiger partial charge on any atom is 0.416 e. The van der Waals surface area contributed by atoms with E-state index in [1.807, 2.05) is 0 Å². The fourth-order valence-electron chi connectivity index (χ4n) is 2.63. The van der Waals surface area contributed by atoms with Crippen molar-refractivity contribution >= 4 is 11.9 Å². The van der Waals surface area contributed by atoms with Crippen molar-refractivity contribution in [3.05, 3.63) is 99.1 Å². The first-order chi connectivity index (χ1) is 15.3. The lowest BCUT2D eigenvalue weighted by molar-refractivity contribution is -0.385. The van der Waals surface area contributed by atoms with Gasteiger partial charge in [0.1, 0.15) is 12.4 Å². The lowest BCUT2D eigenvalue weighted by Crippen LogP contribution is -2.06. The van der Waals surface area contributed by atoms with Gasteiger partial charge < -0.3 is 9.57 Å². The molecule has 0 bridgehead atoms. The molecule has 0 fully saturated rings. The molecule has 32 heavy (non-hydrogen) atoms. The number of rotatable bonds is 7. The van der Waals surface area contributed by atoms with Crippen molar-refractivity contribution in [1.29, 1.82) is 5.26 Å². The third-order valence-corrected chi connectivity index (χ3v) is 4.23.